The van der Waals surface area contributed by atoms with Crippen molar-refractivity contribution in [3.05, 3.63) is 59.3 Å². The summed E-state index contributed by atoms with van der Waals surface area (Å²) in [5, 5.41) is 5.73. The topological polar surface area (TPSA) is 94.2 Å². The molecule has 0 bridgehead atoms. The van der Waals surface area contributed by atoms with Crippen LogP contribution < -0.4 is 10.6 Å². The number of benzene rings is 1. The molecule has 0 aliphatic carbocycles. The van der Waals surface area contributed by atoms with Gasteiger partial charge >= 0.3 is 24.2 Å². The SMILES string of the molecule is C=CCN1C(=O)NC(c2ccc(C(F)(F)F)cc2)C(C(=O)OCC)=C1CN1CCCN(C(=O)NC(C)(C)C)CC1. The van der Waals surface area contributed by atoms with Gasteiger partial charge in [0.2, 0.25) is 0 Å². The number of hydrogen-bond acceptors (Lipinski definition) is 5. The quantitative estimate of drug-likeness (QED) is 0.380. The smallest absolute Gasteiger partial charge is 0.416 e. The summed E-state index contributed by atoms with van der Waals surface area (Å²) in [4.78, 5) is 44.5. The zero-order valence-corrected chi connectivity index (χ0v) is 23.4. The minimum absolute atomic E-state index is 0.0757. The Labute approximate surface area is 233 Å². The first kappa shape index (κ1) is 31.0. The van der Waals surface area contributed by atoms with Gasteiger partial charge < -0.3 is 20.3 Å². The predicted molar refractivity (Wildman–Crippen MR) is 144 cm³/mol. The van der Waals surface area contributed by atoms with Gasteiger partial charge in [-0.3, -0.25) is 9.80 Å². The van der Waals surface area contributed by atoms with Crippen molar-refractivity contribution in [1.29, 1.82) is 0 Å². The van der Waals surface area contributed by atoms with E-state index in [0.29, 0.717) is 43.9 Å². The van der Waals surface area contributed by atoms with E-state index in [1.807, 2.05) is 20.8 Å². The standard InChI is InChI=1S/C28H38F3N5O4/c1-6-13-36-21(18-34-14-8-15-35(17-16-34)26(39)33-27(3,4)5)22(24(37)40-7-2)23(32-25(36)38)19-9-11-20(12-10-19)28(29,30)31/h6,9-12,23H,1,7-8,13-18H2,2-5H3,(H,32,38)(H,33,39). The van der Waals surface area contributed by atoms with Gasteiger partial charge in [-0.05, 0) is 51.8 Å². The molecular formula is C28H38F3N5O4. The zero-order chi connectivity index (χ0) is 29.7. The Morgan fingerprint density at radius 3 is 2.38 bits per heavy atom. The lowest BCUT2D eigenvalue weighted by Crippen LogP contribution is -2.51. The Morgan fingerprint density at radius 2 is 1.80 bits per heavy atom. The molecule has 0 saturated carbocycles. The molecule has 0 spiro atoms. The average Bonchev–Trinajstić information content (AvgIpc) is 3.10. The normalized spacial score (nSPS) is 19.2. The number of ether oxygens (including phenoxy) is 1. The van der Waals surface area contributed by atoms with Crippen LogP contribution in [0.25, 0.3) is 0 Å². The molecule has 0 aromatic heterocycles. The molecule has 1 saturated heterocycles. The number of hydrogen-bond donors (Lipinski definition) is 2. The van der Waals surface area contributed by atoms with Gasteiger partial charge in [-0.2, -0.15) is 13.2 Å². The van der Waals surface area contributed by atoms with Crippen LogP contribution in [0.2, 0.25) is 0 Å². The molecule has 1 aromatic carbocycles. The highest BCUT2D eigenvalue weighted by Crippen LogP contribution is 2.35. The average molecular weight is 566 g/mol. The van der Waals surface area contributed by atoms with Crippen LogP contribution in [-0.2, 0) is 15.7 Å². The Morgan fingerprint density at radius 1 is 1.12 bits per heavy atom. The van der Waals surface area contributed by atoms with Gasteiger partial charge in [0.25, 0.3) is 0 Å². The Hall–Kier alpha value is -3.54. The van der Waals surface area contributed by atoms with E-state index in [2.05, 4.69) is 22.1 Å². The number of nitrogens with one attached hydrogen (secondary N) is 2. The minimum Gasteiger partial charge on any atom is -0.463 e. The van der Waals surface area contributed by atoms with Crippen molar-refractivity contribution in [1.82, 2.24) is 25.3 Å². The highest BCUT2D eigenvalue weighted by Gasteiger charge is 2.39. The number of carbonyl (C=O) groups is 3. The van der Waals surface area contributed by atoms with Crippen molar-refractivity contribution in [2.75, 3.05) is 45.9 Å². The summed E-state index contributed by atoms with van der Waals surface area (Å²) in [5.41, 5.74) is -0.357. The van der Waals surface area contributed by atoms with Crippen LogP contribution >= 0.6 is 0 Å². The first-order valence-electron chi connectivity index (χ1n) is 13.3. The maximum absolute atomic E-state index is 13.3. The molecule has 12 heteroatoms. The molecule has 2 aliphatic rings. The number of esters is 1. The molecular weight excluding hydrogens is 527 g/mol. The number of halogens is 3. The van der Waals surface area contributed by atoms with Crippen molar-refractivity contribution in [2.45, 2.75) is 51.9 Å². The van der Waals surface area contributed by atoms with E-state index in [1.165, 1.54) is 23.1 Å². The highest BCUT2D eigenvalue weighted by molar-refractivity contribution is 5.95. The Bertz CT molecular complexity index is 1130. The van der Waals surface area contributed by atoms with E-state index in [-0.39, 0.29) is 36.8 Å². The van der Waals surface area contributed by atoms with Gasteiger partial charge in [0.05, 0.1) is 23.8 Å². The molecule has 2 aliphatic heterocycles. The predicted octanol–water partition coefficient (Wildman–Crippen LogP) is 4.29. The van der Waals surface area contributed by atoms with Crippen LogP contribution in [-0.4, -0.2) is 84.1 Å². The van der Waals surface area contributed by atoms with Gasteiger partial charge in [0, 0.05) is 50.5 Å². The lowest BCUT2D eigenvalue weighted by atomic mass is 9.93. The third kappa shape index (κ3) is 7.77. The van der Waals surface area contributed by atoms with Crippen molar-refractivity contribution >= 4 is 18.0 Å². The second kappa shape index (κ2) is 12.8. The molecule has 3 rings (SSSR count). The number of urea groups is 2. The summed E-state index contributed by atoms with van der Waals surface area (Å²) >= 11 is 0. The minimum atomic E-state index is -4.52. The van der Waals surface area contributed by atoms with Gasteiger partial charge in [-0.1, -0.05) is 18.2 Å². The third-order valence-electron chi connectivity index (χ3n) is 6.55. The lowest BCUT2D eigenvalue weighted by molar-refractivity contribution is -0.139. The van der Waals surface area contributed by atoms with E-state index < -0.39 is 29.8 Å². The van der Waals surface area contributed by atoms with E-state index in [1.54, 1.807) is 11.8 Å². The molecule has 40 heavy (non-hydrogen) atoms. The summed E-state index contributed by atoms with van der Waals surface area (Å²) in [6.45, 7) is 13.6. The second-order valence-corrected chi connectivity index (χ2v) is 10.8. The molecule has 4 amide bonds. The zero-order valence-electron chi connectivity index (χ0n) is 23.4. The molecule has 2 heterocycles. The number of nitrogens with zero attached hydrogens (tertiary/aromatic N) is 3. The Balaban J connectivity index is 1.97. The third-order valence-corrected chi connectivity index (χ3v) is 6.55. The van der Waals surface area contributed by atoms with Crippen LogP contribution in [0.1, 0.15) is 51.3 Å². The summed E-state index contributed by atoms with van der Waals surface area (Å²) in [6.07, 6.45) is -2.32. The molecule has 1 fully saturated rings. The number of carbonyl (C=O) groups excluding carboxylic acids is 3. The number of amides is 4. The Kier molecular flexibility index (Phi) is 9.88. The highest BCUT2D eigenvalue weighted by atomic mass is 19.4. The fourth-order valence-corrected chi connectivity index (χ4v) is 4.70. The van der Waals surface area contributed by atoms with Gasteiger partial charge in [-0.25, -0.2) is 14.4 Å². The van der Waals surface area contributed by atoms with Crippen molar-refractivity contribution in [2.24, 2.45) is 0 Å². The largest absolute Gasteiger partial charge is 0.463 e. The summed E-state index contributed by atoms with van der Waals surface area (Å²) in [5.74, 6) is -0.669. The maximum atomic E-state index is 13.3. The lowest BCUT2D eigenvalue weighted by Gasteiger charge is -2.38. The molecule has 1 aromatic rings. The molecule has 1 unspecified atom stereocenters. The summed E-state index contributed by atoms with van der Waals surface area (Å²) in [7, 11) is 0. The van der Waals surface area contributed by atoms with Crippen molar-refractivity contribution < 1.29 is 32.3 Å². The molecule has 220 valence electrons. The van der Waals surface area contributed by atoms with Crippen molar-refractivity contribution in [3.63, 3.8) is 0 Å². The molecule has 1 atom stereocenters. The summed E-state index contributed by atoms with van der Waals surface area (Å²) in [6, 6.07) is 2.68. The van der Waals surface area contributed by atoms with Crippen LogP contribution in [0, 0.1) is 0 Å². The number of rotatable bonds is 7. The van der Waals surface area contributed by atoms with Crippen LogP contribution in [0.4, 0.5) is 22.8 Å². The fourth-order valence-electron chi connectivity index (χ4n) is 4.70. The monoisotopic (exact) mass is 565 g/mol. The van der Waals surface area contributed by atoms with Crippen molar-refractivity contribution in [3.8, 4) is 0 Å². The van der Waals surface area contributed by atoms with Crippen LogP contribution in [0.3, 0.4) is 0 Å². The fraction of sp³-hybridized carbons (Fsp3) is 0.536. The van der Waals surface area contributed by atoms with Gasteiger partial charge in [0.1, 0.15) is 0 Å². The molecule has 0 radical (unpaired) electrons. The maximum Gasteiger partial charge on any atom is 0.416 e. The van der Waals surface area contributed by atoms with Crippen LogP contribution in [0.5, 0.6) is 0 Å². The first-order valence-corrected chi connectivity index (χ1v) is 13.3. The summed E-state index contributed by atoms with van der Waals surface area (Å²) < 4.78 is 44.9. The van der Waals surface area contributed by atoms with E-state index in [4.69, 9.17) is 4.74 Å². The van der Waals surface area contributed by atoms with Gasteiger partial charge in [0.15, 0.2) is 0 Å². The van der Waals surface area contributed by atoms with Gasteiger partial charge in [-0.15, -0.1) is 6.58 Å². The molecule has 2 N–H and O–H groups in total. The van der Waals surface area contributed by atoms with E-state index >= 15 is 0 Å². The van der Waals surface area contributed by atoms with E-state index in [0.717, 1.165) is 12.1 Å². The molecule has 9 nitrogen and oxygen atoms in total. The number of alkyl halides is 3. The second-order valence-electron chi connectivity index (χ2n) is 10.8. The van der Waals surface area contributed by atoms with Crippen LogP contribution in [0.15, 0.2) is 48.2 Å². The van der Waals surface area contributed by atoms with E-state index in [9.17, 15) is 27.6 Å². The first-order chi connectivity index (χ1) is 18.7.